The number of pyridine rings is 1. The average Bonchev–Trinajstić information content (AvgIpc) is 3.29. The molecule has 0 atom stereocenters. The van der Waals surface area contributed by atoms with Gasteiger partial charge in [-0.05, 0) is 42.7 Å². The van der Waals surface area contributed by atoms with Gasteiger partial charge in [0.2, 0.25) is 5.91 Å². The molecule has 2 aliphatic rings. The zero-order chi connectivity index (χ0) is 22.3. The SMILES string of the molecule is O=C(c1ccc(F)cc1F)N1CCC2(CC1)CC(=O)N(Cc1ccncc1)c1ccnn12. The topological polar surface area (TPSA) is 71.3 Å². The Kier molecular flexibility index (Phi) is 4.96. The van der Waals surface area contributed by atoms with E-state index in [1.165, 1.54) is 6.07 Å². The molecule has 5 rings (SSSR count). The van der Waals surface area contributed by atoms with Gasteiger partial charge in [0.15, 0.2) is 0 Å². The number of piperidine rings is 1. The average molecular weight is 437 g/mol. The van der Waals surface area contributed by atoms with Crippen molar-refractivity contribution in [3.8, 4) is 0 Å². The number of anilines is 1. The first-order valence-corrected chi connectivity index (χ1v) is 10.4. The van der Waals surface area contributed by atoms with E-state index in [9.17, 15) is 18.4 Å². The third-order valence-electron chi connectivity index (χ3n) is 6.36. The maximum Gasteiger partial charge on any atom is 0.256 e. The summed E-state index contributed by atoms with van der Waals surface area (Å²) in [5, 5.41) is 4.52. The van der Waals surface area contributed by atoms with E-state index in [1.807, 2.05) is 22.9 Å². The molecule has 0 bridgehead atoms. The van der Waals surface area contributed by atoms with Gasteiger partial charge >= 0.3 is 0 Å². The van der Waals surface area contributed by atoms with E-state index in [4.69, 9.17) is 0 Å². The molecule has 164 valence electrons. The number of nitrogens with zero attached hydrogens (tertiary/aromatic N) is 5. The molecule has 3 aromatic rings. The van der Waals surface area contributed by atoms with Gasteiger partial charge in [0.05, 0.1) is 30.3 Å². The molecule has 1 spiro atoms. The summed E-state index contributed by atoms with van der Waals surface area (Å²) in [4.78, 5) is 33.2. The molecule has 0 N–H and O–H groups in total. The highest BCUT2D eigenvalue weighted by molar-refractivity contribution is 5.95. The van der Waals surface area contributed by atoms with Crippen LogP contribution in [0.15, 0.2) is 55.0 Å². The highest BCUT2D eigenvalue weighted by atomic mass is 19.1. The fourth-order valence-corrected chi connectivity index (χ4v) is 4.63. The number of hydrogen-bond donors (Lipinski definition) is 0. The van der Waals surface area contributed by atoms with Crippen molar-refractivity contribution in [1.29, 1.82) is 0 Å². The minimum absolute atomic E-state index is 0.000771. The predicted molar refractivity (Wildman–Crippen MR) is 112 cm³/mol. The highest BCUT2D eigenvalue weighted by Crippen LogP contribution is 2.41. The fourth-order valence-electron chi connectivity index (χ4n) is 4.63. The van der Waals surface area contributed by atoms with Crippen molar-refractivity contribution in [2.45, 2.75) is 31.3 Å². The van der Waals surface area contributed by atoms with Gasteiger partial charge in [-0.1, -0.05) is 0 Å². The first-order valence-electron chi connectivity index (χ1n) is 10.4. The van der Waals surface area contributed by atoms with E-state index >= 15 is 0 Å². The minimum Gasteiger partial charge on any atom is -0.338 e. The molecule has 4 heterocycles. The number of rotatable bonds is 3. The number of amides is 2. The van der Waals surface area contributed by atoms with Gasteiger partial charge in [-0.2, -0.15) is 5.10 Å². The van der Waals surface area contributed by atoms with Crippen molar-refractivity contribution in [2.75, 3.05) is 18.0 Å². The monoisotopic (exact) mass is 437 g/mol. The van der Waals surface area contributed by atoms with Crippen LogP contribution in [0.3, 0.4) is 0 Å². The second kappa shape index (κ2) is 7.81. The summed E-state index contributed by atoms with van der Waals surface area (Å²) in [5.41, 5.74) is 0.298. The Balaban J connectivity index is 1.36. The van der Waals surface area contributed by atoms with Crippen LogP contribution in [0, 0.1) is 11.6 Å². The van der Waals surface area contributed by atoms with Crippen molar-refractivity contribution >= 4 is 17.6 Å². The number of likely N-dealkylation sites (tertiary alicyclic amines) is 1. The summed E-state index contributed by atoms with van der Waals surface area (Å²) in [6, 6.07) is 8.53. The smallest absolute Gasteiger partial charge is 0.256 e. The minimum atomic E-state index is -0.871. The van der Waals surface area contributed by atoms with E-state index in [0.29, 0.717) is 38.5 Å². The third-order valence-corrected chi connectivity index (χ3v) is 6.36. The first kappa shape index (κ1) is 20.3. The molecule has 2 amide bonds. The molecule has 9 heteroatoms. The second-order valence-electron chi connectivity index (χ2n) is 8.25. The Morgan fingerprint density at radius 1 is 1.03 bits per heavy atom. The highest BCUT2D eigenvalue weighted by Gasteiger charge is 2.46. The van der Waals surface area contributed by atoms with Crippen LogP contribution in [0.1, 0.15) is 35.2 Å². The number of fused-ring (bicyclic) bond motifs is 2. The van der Waals surface area contributed by atoms with Crippen LogP contribution >= 0.6 is 0 Å². The predicted octanol–water partition coefficient (Wildman–Crippen LogP) is 3.12. The number of benzene rings is 1. The molecule has 0 radical (unpaired) electrons. The van der Waals surface area contributed by atoms with Crippen molar-refractivity contribution in [3.05, 3.63) is 77.8 Å². The summed E-state index contributed by atoms with van der Waals surface area (Å²) in [7, 11) is 0. The van der Waals surface area contributed by atoms with E-state index in [-0.39, 0.29) is 17.9 Å². The Morgan fingerprint density at radius 3 is 2.50 bits per heavy atom. The molecule has 0 saturated carbocycles. The number of carbonyl (C=O) groups excluding carboxylic acids is 2. The number of halogens is 2. The van der Waals surface area contributed by atoms with Gasteiger partial charge in [0.25, 0.3) is 5.91 Å². The number of carbonyl (C=O) groups is 2. The van der Waals surface area contributed by atoms with Crippen LogP contribution in [0.5, 0.6) is 0 Å². The van der Waals surface area contributed by atoms with Crippen molar-refractivity contribution in [3.63, 3.8) is 0 Å². The summed E-state index contributed by atoms with van der Waals surface area (Å²) >= 11 is 0. The molecule has 1 aromatic carbocycles. The Morgan fingerprint density at radius 2 is 1.78 bits per heavy atom. The molecule has 0 aliphatic carbocycles. The van der Waals surface area contributed by atoms with Gasteiger partial charge in [-0.25, -0.2) is 13.5 Å². The van der Waals surface area contributed by atoms with Crippen LogP contribution in [-0.2, 0) is 16.9 Å². The van der Waals surface area contributed by atoms with E-state index in [1.54, 1.807) is 28.4 Å². The molecule has 2 aromatic heterocycles. The Bertz CT molecular complexity index is 1170. The molecule has 32 heavy (non-hydrogen) atoms. The summed E-state index contributed by atoms with van der Waals surface area (Å²) in [5.74, 6) is -1.34. The van der Waals surface area contributed by atoms with Crippen molar-refractivity contribution in [1.82, 2.24) is 19.7 Å². The Labute approximate surface area is 183 Å². The summed E-state index contributed by atoms with van der Waals surface area (Å²) in [6.45, 7) is 1.14. The van der Waals surface area contributed by atoms with Crippen LogP contribution in [0.4, 0.5) is 14.6 Å². The van der Waals surface area contributed by atoms with E-state index < -0.39 is 23.1 Å². The van der Waals surface area contributed by atoms with Crippen LogP contribution in [0.25, 0.3) is 0 Å². The van der Waals surface area contributed by atoms with E-state index in [2.05, 4.69) is 10.1 Å². The zero-order valence-electron chi connectivity index (χ0n) is 17.2. The van der Waals surface area contributed by atoms with Gasteiger partial charge in [0, 0.05) is 37.6 Å². The molecule has 1 fully saturated rings. The number of aromatic nitrogens is 3. The summed E-state index contributed by atoms with van der Waals surface area (Å²) < 4.78 is 29.2. The Hall–Kier alpha value is -3.62. The molecule has 0 unspecified atom stereocenters. The zero-order valence-corrected chi connectivity index (χ0v) is 17.2. The maximum absolute atomic E-state index is 14.1. The van der Waals surface area contributed by atoms with Crippen LogP contribution in [0.2, 0.25) is 0 Å². The van der Waals surface area contributed by atoms with Crippen LogP contribution < -0.4 is 4.90 Å². The van der Waals surface area contributed by atoms with Gasteiger partial charge in [0.1, 0.15) is 17.5 Å². The van der Waals surface area contributed by atoms with Gasteiger partial charge in [-0.15, -0.1) is 0 Å². The maximum atomic E-state index is 14.1. The fraction of sp³-hybridized carbons (Fsp3) is 0.304. The lowest BCUT2D eigenvalue weighted by atomic mass is 9.82. The van der Waals surface area contributed by atoms with Gasteiger partial charge < -0.3 is 4.90 Å². The molecule has 1 saturated heterocycles. The molecule has 7 nitrogen and oxygen atoms in total. The number of hydrogen-bond acceptors (Lipinski definition) is 4. The lowest BCUT2D eigenvalue weighted by Crippen LogP contribution is -2.54. The largest absolute Gasteiger partial charge is 0.338 e. The van der Waals surface area contributed by atoms with E-state index in [0.717, 1.165) is 17.4 Å². The molecular formula is C23H21F2N5O2. The van der Waals surface area contributed by atoms with Crippen LogP contribution in [-0.4, -0.2) is 44.6 Å². The normalized spacial score (nSPS) is 17.5. The van der Waals surface area contributed by atoms with Crippen molar-refractivity contribution < 1.29 is 18.4 Å². The third kappa shape index (κ3) is 3.43. The van der Waals surface area contributed by atoms with Gasteiger partial charge in [-0.3, -0.25) is 19.5 Å². The van der Waals surface area contributed by atoms with Crippen molar-refractivity contribution in [2.24, 2.45) is 0 Å². The standard InChI is InChI=1S/C23H21F2N5O2/c24-17-1-2-18(19(25)13-17)22(32)28-11-6-23(7-12-28)14-21(31)29(20-5-10-27-30(20)23)15-16-3-8-26-9-4-16/h1-5,8-10,13H,6-7,11-12,14-15H2. The summed E-state index contributed by atoms with van der Waals surface area (Å²) in [6.07, 6.45) is 6.38. The second-order valence-corrected chi connectivity index (χ2v) is 8.25. The molecule has 2 aliphatic heterocycles. The lowest BCUT2D eigenvalue weighted by molar-refractivity contribution is -0.123. The lowest BCUT2D eigenvalue weighted by Gasteiger charge is -2.46. The first-order chi connectivity index (χ1) is 15.5. The molecular weight excluding hydrogens is 416 g/mol. The quantitative estimate of drug-likeness (QED) is 0.631.